The van der Waals surface area contributed by atoms with E-state index in [0.29, 0.717) is 0 Å². The van der Waals surface area contributed by atoms with Crippen molar-refractivity contribution in [1.82, 2.24) is 0 Å². The predicted molar refractivity (Wildman–Crippen MR) is 31.0 cm³/mol. The number of halogens is 2. The molecule has 44 valence electrons. The van der Waals surface area contributed by atoms with Gasteiger partial charge in [0.25, 0.3) is 0 Å². The Labute approximate surface area is 54.3 Å². The first kappa shape index (κ1) is 5.85. The molecule has 0 amide bonds. The van der Waals surface area contributed by atoms with Crippen LogP contribution < -0.4 is 0 Å². The van der Waals surface area contributed by atoms with Crippen LogP contribution in [0.2, 0.25) is 4.34 Å². The molecule has 0 unspecified atom stereocenters. The summed E-state index contributed by atoms with van der Waals surface area (Å²) in [7, 11) is 0. The number of hydrogen-bond acceptors (Lipinski definition) is 2. The van der Waals surface area contributed by atoms with Crippen LogP contribution >= 0.6 is 22.9 Å². The lowest BCUT2D eigenvalue weighted by Crippen LogP contribution is -1.60. The molecule has 1 heterocycles. The summed E-state index contributed by atoms with van der Waals surface area (Å²) in [6, 6.07) is 0. The third-order valence-electron chi connectivity index (χ3n) is 0.678. The van der Waals surface area contributed by atoms with Crippen LogP contribution in [0.5, 0.6) is 5.75 Å². The summed E-state index contributed by atoms with van der Waals surface area (Å²) in [5.41, 5.74) is 0. The molecular formula is C4H2ClFOS. The number of hydrogen-bond donors (Lipinski definition) is 1. The Balaban J connectivity index is 3.19. The second kappa shape index (κ2) is 1.91. The Kier molecular flexibility index (Phi) is 1.40. The normalized spacial score (nSPS) is 9.75. The molecule has 0 aliphatic carbocycles. The van der Waals surface area contributed by atoms with E-state index in [0.717, 1.165) is 16.7 Å². The highest BCUT2D eigenvalue weighted by Crippen LogP contribution is 2.31. The number of rotatable bonds is 0. The molecular weight excluding hydrogens is 151 g/mol. The lowest BCUT2D eigenvalue weighted by atomic mass is 10.6. The highest BCUT2D eigenvalue weighted by Gasteiger charge is 2.05. The van der Waals surface area contributed by atoms with Crippen molar-refractivity contribution in [2.45, 2.75) is 0 Å². The van der Waals surface area contributed by atoms with Gasteiger partial charge >= 0.3 is 0 Å². The Morgan fingerprint density at radius 2 is 2.38 bits per heavy atom. The Morgan fingerprint density at radius 3 is 2.50 bits per heavy atom. The molecule has 1 rings (SSSR count). The standard InChI is InChI=1S/C4H2ClFOS/c5-4-3(7)2(6)1-8-4/h1,7H. The summed E-state index contributed by atoms with van der Waals surface area (Å²) in [6.07, 6.45) is 0. The van der Waals surface area contributed by atoms with Crippen molar-refractivity contribution in [3.63, 3.8) is 0 Å². The molecule has 0 saturated heterocycles. The average molecular weight is 153 g/mol. The Bertz CT molecular complexity index is 178. The lowest BCUT2D eigenvalue weighted by Gasteiger charge is -1.80. The molecule has 0 atom stereocenters. The Hall–Kier alpha value is -0.280. The van der Waals surface area contributed by atoms with Crippen LogP contribution in [0.15, 0.2) is 5.38 Å². The molecule has 0 spiro atoms. The molecule has 1 aromatic heterocycles. The third kappa shape index (κ3) is 0.788. The monoisotopic (exact) mass is 152 g/mol. The molecule has 0 saturated carbocycles. The third-order valence-corrected chi connectivity index (χ3v) is 1.85. The molecule has 1 nitrogen and oxygen atoms in total. The van der Waals surface area contributed by atoms with Gasteiger partial charge in [-0.15, -0.1) is 11.3 Å². The summed E-state index contributed by atoms with van der Waals surface area (Å²) in [6.45, 7) is 0. The second-order valence-corrected chi connectivity index (χ2v) is 2.69. The number of thiophene rings is 1. The molecule has 4 heteroatoms. The van der Waals surface area contributed by atoms with E-state index >= 15 is 0 Å². The molecule has 1 N–H and O–H groups in total. The van der Waals surface area contributed by atoms with Crippen LogP contribution in [0.3, 0.4) is 0 Å². The SMILES string of the molecule is Oc1c(F)csc1Cl. The van der Waals surface area contributed by atoms with Gasteiger partial charge in [0.1, 0.15) is 4.34 Å². The molecule has 1 aromatic rings. The number of aromatic hydroxyl groups is 1. The van der Waals surface area contributed by atoms with E-state index in [-0.39, 0.29) is 4.34 Å². The maximum Gasteiger partial charge on any atom is 0.181 e. The minimum Gasteiger partial charge on any atom is -0.503 e. The lowest BCUT2D eigenvalue weighted by molar-refractivity contribution is 0.437. The van der Waals surface area contributed by atoms with Gasteiger partial charge in [0.15, 0.2) is 11.6 Å². The van der Waals surface area contributed by atoms with Crippen LogP contribution in [0.4, 0.5) is 4.39 Å². The zero-order valence-electron chi connectivity index (χ0n) is 3.69. The van der Waals surface area contributed by atoms with Crippen LogP contribution in [-0.4, -0.2) is 5.11 Å². The van der Waals surface area contributed by atoms with Gasteiger partial charge in [0.2, 0.25) is 0 Å². The smallest absolute Gasteiger partial charge is 0.181 e. The summed E-state index contributed by atoms with van der Waals surface area (Å²) in [4.78, 5) is 0. The van der Waals surface area contributed by atoms with Crippen molar-refractivity contribution >= 4 is 22.9 Å². The first-order valence-electron chi connectivity index (χ1n) is 1.83. The minimum absolute atomic E-state index is 0.0995. The molecule has 0 aliphatic rings. The maximum absolute atomic E-state index is 12.0. The summed E-state index contributed by atoms with van der Waals surface area (Å²) < 4.78 is 12.1. The van der Waals surface area contributed by atoms with Gasteiger partial charge in [-0.05, 0) is 0 Å². The molecule has 0 radical (unpaired) electrons. The molecule has 0 fully saturated rings. The van der Waals surface area contributed by atoms with E-state index in [1.54, 1.807) is 0 Å². The maximum atomic E-state index is 12.0. The fraction of sp³-hybridized carbons (Fsp3) is 0. The van der Waals surface area contributed by atoms with Crippen LogP contribution in [0.25, 0.3) is 0 Å². The van der Waals surface area contributed by atoms with Crippen molar-refractivity contribution in [2.75, 3.05) is 0 Å². The quantitative estimate of drug-likeness (QED) is 0.605. The highest BCUT2D eigenvalue weighted by atomic mass is 35.5. The first-order valence-corrected chi connectivity index (χ1v) is 3.09. The van der Waals surface area contributed by atoms with Crippen molar-refractivity contribution in [3.05, 3.63) is 15.5 Å². The van der Waals surface area contributed by atoms with E-state index < -0.39 is 11.6 Å². The van der Waals surface area contributed by atoms with Crippen LogP contribution in [-0.2, 0) is 0 Å². The predicted octanol–water partition coefficient (Wildman–Crippen LogP) is 2.25. The zero-order valence-corrected chi connectivity index (χ0v) is 5.26. The summed E-state index contributed by atoms with van der Waals surface area (Å²) in [5, 5.41) is 9.70. The van der Waals surface area contributed by atoms with Crippen molar-refractivity contribution in [2.24, 2.45) is 0 Å². The molecule has 0 aromatic carbocycles. The molecule has 0 bridgehead atoms. The van der Waals surface area contributed by atoms with E-state index in [4.69, 9.17) is 16.7 Å². The first-order chi connectivity index (χ1) is 3.72. The zero-order chi connectivity index (χ0) is 6.15. The van der Waals surface area contributed by atoms with Crippen molar-refractivity contribution in [3.8, 4) is 5.75 Å². The van der Waals surface area contributed by atoms with E-state index in [9.17, 15) is 4.39 Å². The van der Waals surface area contributed by atoms with Crippen molar-refractivity contribution in [1.29, 1.82) is 0 Å². The van der Waals surface area contributed by atoms with Gasteiger partial charge in [0, 0.05) is 5.38 Å². The van der Waals surface area contributed by atoms with E-state index in [2.05, 4.69) is 0 Å². The highest BCUT2D eigenvalue weighted by molar-refractivity contribution is 7.14. The fourth-order valence-electron chi connectivity index (χ4n) is 0.309. The fourth-order valence-corrected chi connectivity index (χ4v) is 1.06. The largest absolute Gasteiger partial charge is 0.503 e. The second-order valence-electron chi connectivity index (χ2n) is 1.21. The average Bonchev–Trinajstić information content (AvgIpc) is 1.98. The van der Waals surface area contributed by atoms with Crippen molar-refractivity contribution < 1.29 is 9.50 Å². The minimum atomic E-state index is -0.653. The molecule has 0 aliphatic heterocycles. The van der Waals surface area contributed by atoms with Gasteiger partial charge in [-0.1, -0.05) is 11.6 Å². The summed E-state index contributed by atoms with van der Waals surface area (Å²) >= 11 is 6.23. The molecule has 8 heavy (non-hydrogen) atoms. The van der Waals surface area contributed by atoms with E-state index in [1.807, 2.05) is 0 Å². The topological polar surface area (TPSA) is 20.2 Å². The van der Waals surface area contributed by atoms with Gasteiger partial charge < -0.3 is 5.11 Å². The van der Waals surface area contributed by atoms with Gasteiger partial charge in [-0.25, -0.2) is 4.39 Å². The summed E-state index contributed by atoms with van der Waals surface area (Å²) in [5.74, 6) is -1.10. The van der Waals surface area contributed by atoms with Crippen LogP contribution in [0.1, 0.15) is 0 Å². The van der Waals surface area contributed by atoms with Crippen LogP contribution in [0, 0.1) is 5.82 Å². The van der Waals surface area contributed by atoms with Gasteiger partial charge in [0.05, 0.1) is 0 Å². The van der Waals surface area contributed by atoms with Gasteiger partial charge in [-0.3, -0.25) is 0 Å². The Morgan fingerprint density at radius 1 is 1.75 bits per heavy atom. The van der Waals surface area contributed by atoms with Gasteiger partial charge in [-0.2, -0.15) is 0 Å². The van der Waals surface area contributed by atoms with E-state index in [1.165, 1.54) is 0 Å².